The van der Waals surface area contributed by atoms with Crippen LogP contribution in [0.5, 0.6) is 0 Å². The summed E-state index contributed by atoms with van der Waals surface area (Å²) in [5, 5.41) is 0. The molecule has 138 valence electrons. The van der Waals surface area contributed by atoms with Gasteiger partial charge >= 0.3 is 5.69 Å². The first-order chi connectivity index (χ1) is 12.4. The van der Waals surface area contributed by atoms with Gasteiger partial charge in [0.05, 0.1) is 6.42 Å². The van der Waals surface area contributed by atoms with Crippen LogP contribution < -0.4 is 16.1 Å². The summed E-state index contributed by atoms with van der Waals surface area (Å²) in [6.45, 7) is 4.37. The van der Waals surface area contributed by atoms with Crippen LogP contribution in [0.1, 0.15) is 11.1 Å². The molecule has 0 N–H and O–H groups in total. The summed E-state index contributed by atoms with van der Waals surface area (Å²) < 4.78 is 2.57. The second-order valence-electron chi connectivity index (χ2n) is 6.77. The van der Waals surface area contributed by atoms with Crippen molar-refractivity contribution in [2.75, 3.05) is 31.1 Å². The van der Waals surface area contributed by atoms with Gasteiger partial charge in [0.25, 0.3) is 5.56 Å². The van der Waals surface area contributed by atoms with Crippen LogP contribution in [0.4, 0.5) is 5.82 Å². The highest BCUT2D eigenvalue weighted by atomic mass is 16.2. The summed E-state index contributed by atoms with van der Waals surface area (Å²) in [6, 6.07) is 9.47. The number of nitrogens with zero attached hydrogens (tertiary/aromatic N) is 4. The molecule has 2 heterocycles. The van der Waals surface area contributed by atoms with Gasteiger partial charge in [-0.25, -0.2) is 4.79 Å². The lowest BCUT2D eigenvalue weighted by Gasteiger charge is -2.36. The van der Waals surface area contributed by atoms with Crippen molar-refractivity contribution in [3.8, 4) is 0 Å². The number of hydrogen-bond acceptors (Lipinski definition) is 4. The SMILES string of the molecule is Cc1ccc(CC(=O)N2CCN(c3cc(=O)n(C)c(=O)n3C)CC2)cc1. The van der Waals surface area contributed by atoms with E-state index < -0.39 is 0 Å². The number of carbonyl (C=O) groups excluding carboxylic acids is 1. The molecule has 0 spiro atoms. The molecular formula is C19H24N4O3. The van der Waals surface area contributed by atoms with Gasteiger partial charge in [0.2, 0.25) is 5.91 Å². The first kappa shape index (κ1) is 18.0. The molecule has 0 radical (unpaired) electrons. The Balaban J connectivity index is 1.66. The molecule has 1 amide bonds. The zero-order chi connectivity index (χ0) is 18.8. The predicted molar refractivity (Wildman–Crippen MR) is 101 cm³/mol. The zero-order valence-electron chi connectivity index (χ0n) is 15.4. The van der Waals surface area contributed by atoms with Crippen molar-refractivity contribution in [3.63, 3.8) is 0 Å². The van der Waals surface area contributed by atoms with E-state index in [9.17, 15) is 14.4 Å². The minimum atomic E-state index is -0.342. The van der Waals surface area contributed by atoms with E-state index in [1.807, 2.05) is 41.0 Å². The Bertz CT molecular complexity index is 919. The fourth-order valence-corrected chi connectivity index (χ4v) is 3.20. The fourth-order valence-electron chi connectivity index (χ4n) is 3.20. The molecule has 1 aliphatic rings. The third-order valence-corrected chi connectivity index (χ3v) is 4.93. The van der Waals surface area contributed by atoms with Crippen LogP contribution in [0.15, 0.2) is 39.9 Å². The Morgan fingerprint density at radius 2 is 1.58 bits per heavy atom. The average Bonchev–Trinajstić information content (AvgIpc) is 2.65. The van der Waals surface area contributed by atoms with Crippen LogP contribution >= 0.6 is 0 Å². The molecule has 3 rings (SSSR count). The number of piperazine rings is 1. The van der Waals surface area contributed by atoms with Gasteiger partial charge in [0.15, 0.2) is 0 Å². The smallest absolute Gasteiger partial charge is 0.332 e. The molecule has 2 aromatic rings. The van der Waals surface area contributed by atoms with E-state index in [0.717, 1.165) is 10.1 Å². The molecule has 7 heteroatoms. The molecule has 0 atom stereocenters. The molecule has 1 saturated heterocycles. The average molecular weight is 356 g/mol. The van der Waals surface area contributed by atoms with E-state index >= 15 is 0 Å². The Kier molecular flexibility index (Phi) is 4.97. The molecule has 0 unspecified atom stereocenters. The van der Waals surface area contributed by atoms with Crippen molar-refractivity contribution < 1.29 is 4.79 Å². The number of anilines is 1. The maximum atomic E-state index is 12.5. The standard InChI is InChI=1S/C19H24N4O3/c1-14-4-6-15(7-5-14)12-18(25)23-10-8-22(9-11-23)16-13-17(24)21(3)19(26)20(16)2/h4-7,13H,8-12H2,1-3H3. The fraction of sp³-hybridized carbons (Fsp3) is 0.421. The van der Waals surface area contributed by atoms with Crippen molar-refractivity contribution in [1.29, 1.82) is 0 Å². The maximum absolute atomic E-state index is 12.5. The molecule has 1 fully saturated rings. The minimum Gasteiger partial charge on any atom is -0.354 e. The van der Waals surface area contributed by atoms with Crippen LogP contribution in [0.3, 0.4) is 0 Å². The van der Waals surface area contributed by atoms with E-state index in [4.69, 9.17) is 0 Å². The van der Waals surface area contributed by atoms with Crippen molar-refractivity contribution in [2.24, 2.45) is 14.1 Å². The summed E-state index contributed by atoms with van der Waals surface area (Å²) in [5.74, 6) is 0.704. The summed E-state index contributed by atoms with van der Waals surface area (Å²) in [4.78, 5) is 40.3. The molecule has 0 bridgehead atoms. The summed E-state index contributed by atoms with van der Waals surface area (Å²) >= 11 is 0. The topological polar surface area (TPSA) is 67.6 Å². The Morgan fingerprint density at radius 1 is 0.962 bits per heavy atom. The van der Waals surface area contributed by atoms with Crippen LogP contribution in [-0.2, 0) is 25.3 Å². The van der Waals surface area contributed by atoms with Gasteiger partial charge in [-0.2, -0.15) is 0 Å². The van der Waals surface area contributed by atoms with Gasteiger partial charge in [-0.05, 0) is 12.5 Å². The second-order valence-corrected chi connectivity index (χ2v) is 6.77. The lowest BCUT2D eigenvalue weighted by molar-refractivity contribution is -0.130. The molecule has 1 aromatic heterocycles. The maximum Gasteiger partial charge on any atom is 0.332 e. The zero-order valence-corrected chi connectivity index (χ0v) is 15.4. The summed E-state index contributed by atoms with van der Waals surface area (Å²) in [6.07, 6.45) is 0.393. The molecule has 26 heavy (non-hydrogen) atoms. The van der Waals surface area contributed by atoms with E-state index in [-0.39, 0.29) is 17.2 Å². The van der Waals surface area contributed by atoms with Crippen molar-refractivity contribution >= 4 is 11.7 Å². The highest BCUT2D eigenvalue weighted by Crippen LogP contribution is 2.13. The normalized spacial score (nSPS) is 14.6. The predicted octanol–water partition coefficient (Wildman–Crippen LogP) is 0.284. The summed E-state index contributed by atoms with van der Waals surface area (Å²) in [5.41, 5.74) is 1.53. The van der Waals surface area contributed by atoms with Crippen LogP contribution in [0.2, 0.25) is 0 Å². The highest BCUT2D eigenvalue weighted by Gasteiger charge is 2.23. The lowest BCUT2D eigenvalue weighted by atomic mass is 10.1. The molecule has 7 nitrogen and oxygen atoms in total. The van der Waals surface area contributed by atoms with Gasteiger partial charge in [0, 0.05) is 46.3 Å². The van der Waals surface area contributed by atoms with E-state index in [0.29, 0.717) is 38.4 Å². The second kappa shape index (κ2) is 7.19. The van der Waals surface area contributed by atoms with E-state index in [1.54, 1.807) is 7.05 Å². The van der Waals surface area contributed by atoms with Crippen LogP contribution in [0.25, 0.3) is 0 Å². The number of aryl methyl sites for hydroxylation is 1. The number of benzene rings is 1. The van der Waals surface area contributed by atoms with E-state index in [1.165, 1.54) is 23.2 Å². The van der Waals surface area contributed by atoms with Gasteiger partial charge < -0.3 is 9.80 Å². The van der Waals surface area contributed by atoms with Crippen molar-refractivity contribution in [2.45, 2.75) is 13.3 Å². The molecule has 1 aliphatic heterocycles. The third kappa shape index (κ3) is 3.56. The molecular weight excluding hydrogens is 332 g/mol. The lowest BCUT2D eigenvalue weighted by Crippen LogP contribution is -2.51. The van der Waals surface area contributed by atoms with Crippen LogP contribution in [-0.4, -0.2) is 46.1 Å². The van der Waals surface area contributed by atoms with Crippen LogP contribution in [0, 0.1) is 6.92 Å². The molecule has 0 aliphatic carbocycles. The molecule has 1 aromatic carbocycles. The summed E-state index contributed by atoms with van der Waals surface area (Å²) in [7, 11) is 3.13. The third-order valence-electron chi connectivity index (χ3n) is 4.93. The van der Waals surface area contributed by atoms with Gasteiger partial charge in [-0.15, -0.1) is 0 Å². The van der Waals surface area contributed by atoms with Gasteiger partial charge in [-0.1, -0.05) is 29.8 Å². The number of aromatic nitrogens is 2. The quantitative estimate of drug-likeness (QED) is 0.793. The highest BCUT2D eigenvalue weighted by molar-refractivity contribution is 5.79. The molecule has 0 saturated carbocycles. The van der Waals surface area contributed by atoms with Gasteiger partial charge in [0.1, 0.15) is 5.82 Å². The van der Waals surface area contributed by atoms with E-state index in [2.05, 4.69) is 0 Å². The largest absolute Gasteiger partial charge is 0.354 e. The number of amides is 1. The first-order valence-corrected chi connectivity index (χ1v) is 8.72. The Morgan fingerprint density at radius 3 is 2.19 bits per heavy atom. The Hall–Kier alpha value is -2.83. The Labute approximate surface area is 152 Å². The monoisotopic (exact) mass is 356 g/mol. The van der Waals surface area contributed by atoms with Crippen molar-refractivity contribution in [1.82, 2.24) is 14.0 Å². The van der Waals surface area contributed by atoms with Gasteiger partial charge in [-0.3, -0.25) is 18.7 Å². The number of rotatable bonds is 3. The first-order valence-electron chi connectivity index (χ1n) is 8.72. The minimum absolute atomic E-state index is 0.103. The number of carbonyl (C=O) groups is 1. The van der Waals surface area contributed by atoms with Crippen molar-refractivity contribution in [3.05, 3.63) is 62.3 Å². The number of hydrogen-bond donors (Lipinski definition) is 0.